The van der Waals surface area contributed by atoms with E-state index >= 15 is 0 Å². The molecular weight excluding hydrogens is 500 g/mol. The third kappa shape index (κ3) is 3.85. The van der Waals surface area contributed by atoms with E-state index in [-0.39, 0.29) is 17.3 Å². The van der Waals surface area contributed by atoms with E-state index in [1.807, 2.05) is 6.07 Å². The van der Waals surface area contributed by atoms with Gasteiger partial charge in [-0.15, -0.1) is 0 Å². The van der Waals surface area contributed by atoms with Gasteiger partial charge in [0, 0.05) is 29.5 Å². The van der Waals surface area contributed by atoms with Crippen molar-refractivity contribution < 1.29 is 4.79 Å². The van der Waals surface area contributed by atoms with Crippen LogP contribution in [0.25, 0.3) is 11.1 Å². The van der Waals surface area contributed by atoms with Crippen LogP contribution in [0.4, 0.5) is 0 Å². The number of fused-ring (bicyclic) bond motifs is 2. The predicted molar refractivity (Wildman–Crippen MR) is 135 cm³/mol. The lowest BCUT2D eigenvalue weighted by molar-refractivity contribution is -0.132. The molecule has 2 N–H and O–H groups in total. The molecule has 5 rings (SSSR count). The summed E-state index contributed by atoms with van der Waals surface area (Å²) >= 11 is 9.69. The third-order valence-corrected chi connectivity index (χ3v) is 7.48. The minimum atomic E-state index is -1.03. The van der Waals surface area contributed by atoms with Crippen molar-refractivity contribution >= 4 is 39.4 Å². The minimum absolute atomic E-state index is 0.0793. The molecule has 1 spiro atoms. The molecule has 1 aliphatic heterocycles. The van der Waals surface area contributed by atoms with Crippen LogP contribution in [0.5, 0.6) is 0 Å². The van der Waals surface area contributed by atoms with Gasteiger partial charge in [-0.1, -0.05) is 58.7 Å². The number of hydrogen-bond donors (Lipinski definition) is 1. The quantitative estimate of drug-likeness (QED) is 0.504. The number of rotatable bonds is 3. The zero-order valence-corrected chi connectivity index (χ0v) is 20.8. The highest BCUT2D eigenvalue weighted by Gasteiger charge is 2.55. The van der Waals surface area contributed by atoms with Crippen LogP contribution in [0, 0.1) is 5.41 Å². The first-order chi connectivity index (χ1) is 15.7. The molecule has 168 valence electrons. The molecule has 3 aromatic rings. The normalized spacial score (nSPS) is 24.2. The fraction of sp³-hybridized carbons (Fsp3) is 0.269. The summed E-state index contributed by atoms with van der Waals surface area (Å²) in [5.74, 6) is 0.179. The number of carbonyl (C=O) groups excluding carboxylic acids is 1. The van der Waals surface area contributed by atoms with E-state index in [0.29, 0.717) is 11.4 Å². The summed E-state index contributed by atoms with van der Waals surface area (Å²) in [4.78, 5) is 24.1. The van der Waals surface area contributed by atoms with E-state index in [0.717, 1.165) is 39.6 Å². The Labute approximate surface area is 206 Å². The number of hydrogen-bond acceptors (Lipinski definition) is 4. The zero-order chi connectivity index (χ0) is 23.4. The number of carbonyl (C=O) groups is 1. The van der Waals surface area contributed by atoms with Gasteiger partial charge in [0.25, 0.3) is 5.91 Å². The van der Waals surface area contributed by atoms with Gasteiger partial charge in [-0.2, -0.15) is 0 Å². The molecule has 33 heavy (non-hydrogen) atoms. The largest absolute Gasteiger partial charge is 0.369 e. The molecule has 0 fully saturated rings. The second kappa shape index (κ2) is 7.96. The fourth-order valence-corrected chi connectivity index (χ4v) is 5.75. The maximum atomic E-state index is 13.6. The summed E-state index contributed by atoms with van der Waals surface area (Å²) in [5.41, 5.74) is 10.1. The number of nitrogens with two attached hydrogens (primary N) is 1. The van der Waals surface area contributed by atoms with Gasteiger partial charge in [-0.3, -0.25) is 14.7 Å². The molecule has 0 bridgehead atoms. The van der Waals surface area contributed by atoms with Crippen molar-refractivity contribution in [1.29, 1.82) is 0 Å². The number of amides is 1. The van der Waals surface area contributed by atoms with Crippen molar-refractivity contribution in [3.63, 3.8) is 0 Å². The molecule has 0 unspecified atom stereocenters. The van der Waals surface area contributed by atoms with Gasteiger partial charge >= 0.3 is 0 Å². The maximum Gasteiger partial charge on any atom is 0.261 e. The lowest BCUT2D eigenvalue weighted by Crippen LogP contribution is -2.47. The molecule has 2 aliphatic rings. The fourth-order valence-electron chi connectivity index (χ4n) is 5.31. The second-order valence-electron chi connectivity index (χ2n) is 9.43. The van der Waals surface area contributed by atoms with Crippen molar-refractivity contribution in [1.82, 2.24) is 9.88 Å². The van der Waals surface area contributed by atoms with E-state index < -0.39 is 5.54 Å². The third-order valence-electron chi connectivity index (χ3n) is 6.75. The van der Waals surface area contributed by atoms with Gasteiger partial charge in [0.05, 0.1) is 5.02 Å². The van der Waals surface area contributed by atoms with Gasteiger partial charge in [-0.05, 0) is 71.2 Å². The summed E-state index contributed by atoms with van der Waals surface area (Å²) in [5, 5.41) is 0.570. The Balaban J connectivity index is 1.63. The molecule has 0 radical (unpaired) electrons. The average molecular weight is 524 g/mol. The molecular formula is C26H24BrClN4O. The van der Waals surface area contributed by atoms with Crippen molar-refractivity contribution in [2.75, 3.05) is 7.05 Å². The van der Waals surface area contributed by atoms with Gasteiger partial charge < -0.3 is 5.73 Å². The predicted octanol–water partition coefficient (Wildman–Crippen LogP) is 5.34. The smallest absolute Gasteiger partial charge is 0.261 e. The van der Waals surface area contributed by atoms with Gasteiger partial charge in [0.1, 0.15) is 0 Å². The SMILES string of the molecule is CN1C(=O)[C@]2(C[C@@](C)(Cc3ccc(Br)cc3)Cc3ccc(-c4cncc(Cl)c4)cc32)N=C1N. The van der Waals surface area contributed by atoms with Crippen LogP contribution in [-0.2, 0) is 23.2 Å². The Kier molecular flexibility index (Phi) is 5.33. The highest BCUT2D eigenvalue weighted by atomic mass is 79.9. The maximum absolute atomic E-state index is 13.6. The standard InChI is InChI=1S/C26H24BrClN4O/c1-25(11-16-3-7-20(27)8-4-16)12-18-6-5-17(19-9-21(28)14-30-13-19)10-22(18)26(15-25)23(33)32(2)24(29)31-26/h3-10,13-14H,11-12,15H2,1-2H3,(H2,29,31)/t25-,26+/m0/s1. The summed E-state index contributed by atoms with van der Waals surface area (Å²) < 4.78 is 1.05. The van der Waals surface area contributed by atoms with Crippen molar-refractivity contribution in [3.05, 3.63) is 87.1 Å². The Morgan fingerprint density at radius 1 is 1.12 bits per heavy atom. The molecule has 0 saturated carbocycles. The Morgan fingerprint density at radius 2 is 1.88 bits per heavy atom. The number of aliphatic imine (C=N–C) groups is 1. The van der Waals surface area contributed by atoms with Crippen molar-refractivity contribution in [3.8, 4) is 11.1 Å². The number of pyridine rings is 1. The molecule has 7 heteroatoms. The van der Waals surface area contributed by atoms with Crippen LogP contribution in [0.2, 0.25) is 5.02 Å². The van der Waals surface area contributed by atoms with E-state index in [4.69, 9.17) is 22.3 Å². The molecule has 0 saturated heterocycles. The van der Waals surface area contributed by atoms with Crippen molar-refractivity contribution in [2.45, 2.75) is 31.7 Å². The van der Waals surface area contributed by atoms with Crippen LogP contribution in [0.3, 0.4) is 0 Å². The topological polar surface area (TPSA) is 71.6 Å². The lowest BCUT2D eigenvalue weighted by atomic mass is 9.62. The van der Waals surface area contributed by atoms with Crippen LogP contribution in [-0.4, -0.2) is 28.8 Å². The van der Waals surface area contributed by atoms with Crippen molar-refractivity contribution in [2.24, 2.45) is 16.1 Å². The Bertz CT molecular complexity index is 1290. The molecule has 2 heterocycles. The molecule has 2 atom stereocenters. The number of nitrogens with zero attached hydrogens (tertiary/aromatic N) is 3. The summed E-state index contributed by atoms with van der Waals surface area (Å²) in [7, 11) is 1.70. The monoisotopic (exact) mass is 522 g/mol. The van der Waals surface area contributed by atoms with Gasteiger partial charge in [0.15, 0.2) is 11.5 Å². The van der Waals surface area contributed by atoms with E-state index in [2.05, 4.69) is 70.3 Å². The first kappa shape index (κ1) is 22.1. The van der Waals surface area contributed by atoms with Crippen LogP contribution < -0.4 is 5.73 Å². The number of halogens is 2. The average Bonchev–Trinajstić information content (AvgIpc) is 2.99. The van der Waals surface area contributed by atoms with E-state index in [9.17, 15) is 4.79 Å². The van der Waals surface area contributed by atoms with Crippen LogP contribution in [0.1, 0.15) is 30.0 Å². The molecule has 1 amide bonds. The minimum Gasteiger partial charge on any atom is -0.369 e. The first-order valence-corrected chi connectivity index (χ1v) is 12.0. The molecule has 5 nitrogen and oxygen atoms in total. The Morgan fingerprint density at radius 3 is 2.55 bits per heavy atom. The number of aromatic nitrogens is 1. The zero-order valence-electron chi connectivity index (χ0n) is 18.5. The lowest BCUT2D eigenvalue weighted by Gasteiger charge is -2.43. The number of benzene rings is 2. The molecule has 2 aromatic carbocycles. The number of guanidine groups is 1. The van der Waals surface area contributed by atoms with Gasteiger partial charge in [-0.25, -0.2) is 4.99 Å². The molecule has 1 aromatic heterocycles. The van der Waals surface area contributed by atoms with Gasteiger partial charge in [0.2, 0.25) is 0 Å². The first-order valence-electron chi connectivity index (χ1n) is 10.8. The second-order valence-corrected chi connectivity index (χ2v) is 10.8. The summed E-state index contributed by atoms with van der Waals surface area (Å²) in [6, 6.07) is 16.5. The summed E-state index contributed by atoms with van der Waals surface area (Å²) in [6.07, 6.45) is 5.67. The number of likely N-dealkylation sites (N-methyl/N-ethyl adjacent to an activating group) is 1. The van der Waals surface area contributed by atoms with E-state index in [1.54, 1.807) is 19.4 Å². The molecule has 1 aliphatic carbocycles. The summed E-state index contributed by atoms with van der Waals surface area (Å²) in [6.45, 7) is 2.24. The highest BCUT2D eigenvalue weighted by Crippen LogP contribution is 2.51. The highest BCUT2D eigenvalue weighted by molar-refractivity contribution is 9.10. The van der Waals surface area contributed by atoms with E-state index in [1.165, 1.54) is 10.5 Å². The van der Waals surface area contributed by atoms with Crippen LogP contribution >= 0.6 is 27.5 Å². The van der Waals surface area contributed by atoms with Crippen LogP contribution in [0.15, 0.2) is 70.4 Å². The Hall–Kier alpha value is -2.70.